The molecule has 0 aromatic carbocycles. The van der Waals surface area contributed by atoms with E-state index >= 15 is 0 Å². The molecule has 0 radical (unpaired) electrons. The van der Waals surface area contributed by atoms with Crippen molar-refractivity contribution in [2.75, 3.05) is 13.1 Å². The Labute approximate surface area is 121 Å². The minimum Gasteiger partial charge on any atom is -0.346 e. The highest BCUT2D eigenvalue weighted by atomic mass is 32.2. The average molecular weight is 299 g/mol. The van der Waals surface area contributed by atoms with Crippen LogP contribution in [-0.2, 0) is 16.6 Å². The van der Waals surface area contributed by atoms with E-state index < -0.39 is 10.0 Å². The Morgan fingerprint density at radius 3 is 2.65 bits per heavy atom. The van der Waals surface area contributed by atoms with Crippen LogP contribution in [0.25, 0.3) is 0 Å². The van der Waals surface area contributed by atoms with Gasteiger partial charge in [-0.25, -0.2) is 8.42 Å². The molecule has 0 aliphatic carbocycles. The minimum atomic E-state index is -3.38. The Hall–Kier alpha value is -0.850. The van der Waals surface area contributed by atoms with Crippen LogP contribution in [0.3, 0.4) is 0 Å². The molecule has 0 amide bonds. The molecule has 20 heavy (non-hydrogen) atoms. The van der Waals surface area contributed by atoms with Crippen LogP contribution in [0.5, 0.6) is 0 Å². The van der Waals surface area contributed by atoms with Crippen LogP contribution in [0.1, 0.15) is 45.3 Å². The molecule has 1 aromatic rings. The maximum absolute atomic E-state index is 12.7. The highest BCUT2D eigenvalue weighted by Crippen LogP contribution is 2.26. The SMILES string of the molecule is CC1CCCN(S(=O)(=O)c2cc(CN)n(C(C)C)c2)C1. The minimum absolute atomic E-state index is 0.206. The van der Waals surface area contributed by atoms with Crippen LogP contribution in [-0.4, -0.2) is 30.4 Å². The van der Waals surface area contributed by atoms with Crippen molar-refractivity contribution in [1.82, 2.24) is 8.87 Å². The molecular formula is C14H25N3O2S. The summed E-state index contributed by atoms with van der Waals surface area (Å²) in [4.78, 5) is 0.376. The van der Waals surface area contributed by atoms with Crippen LogP contribution in [0, 0.1) is 5.92 Å². The number of hydrogen-bond acceptors (Lipinski definition) is 3. The van der Waals surface area contributed by atoms with Crippen molar-refractivity contribution >= 4 is 10.0 Å². The lowest BCUT2D eigenvalue weighted by molar-refractivity contribution is 0.281. The Kier molecular flexibility index (Phi) is 4.56. The lowest BCUT2D eigenvalue weighted by atomic mass is 10.0. The van der Waals surface area contributed by atoms with Gasteiger partial charge in [-0.15, -0.1) is 0 Å². The molecule has 6 heteroatoms. The van der Waals surface area contributed by atoms with Crippen molar-refractivity contribution in [3.63, 3.8) is 0 Å². The Bertz CT molecular complexity index is 563. The van der Waals surface area contributed by atoms with Crippen molar-refractivity contribution in [2.24, 2.45) is 11.7 Å². The Morgan fingerprint density at radius 1 is 1.45 bits per heavy atom. The van der Waals surface area contributed by atoms with Gasteiger partial charge in [-0.05, 0) is 38.7 Å². The molecule has 1 aliphatic rings. The summed E-state index contributed by atoms with van der Waals surface area (Å²) in [7, 11) is -3.38. The zero-order valence-corrected chi connectivity index (χ0v) is 13.4. The fraction of sp³-hybridized carbons (Fsp3) is 0.714. The molecule has 1 aromatic heterocycles. The van der Waals surface area contributed by atoms with Crippen LogP contribution in [0.2, 0.25) is 0 Å². The van der Waals surface area contributed by atoms with Crippen molar-refractivity contribution < 1.29 is 8.42 Å². The maximum Gasteiger partial charge on any atom is 0.244 e. The summed E-state index contributed by atoms with van der Waals surface area (Å²) in [6.45, 7) is 7.75. The standard InChI is InChI=1S/C14H25N3O2S/c1-11(2)17-10-14(7-13(17)8-15)20(18,19)16-6-4-5-12(3)9-16/h7,10-12H,4-6,8-9,15H2,1-3H3. The number of nitrogens with two attached hydrogens (primary N) is 1. The number of nitrogens with zero attached hydrogens (tertiary/aromatic N) is 2. The Balaban J connectivity index is 2.34. The van der Waals surface area contributed by atoms with E-state index in [1.54, 1.807) is 16.6 Å². The molecule has 1 aliphatic heterocycles. The van der Waals surface area contributed by atoms with E-state index in [2.05, 4.69) is 6.92 Å². The van der Waals surface area contributed by atoms with Gasteiger partial charge in [0.15, 0.2) is 0 Å². The fourth-order valence-corrected chi connectivity index (χ4v) is 4.45. The van der Waals surface area contributed by atoms with E-state index in [9.17, 15) is 8.42 Å². The van der Waals surface area contributed by atoms with Gasteiger partial charge in [0.1, 0.15) is 4.90 Å². The fourth-order valence-electron chi connectivity index (χ4n) is 2.80. The molecule has 1 atom stereocenters. The van der Waals surface area contributed by atoms with Crippen molar-refractivity contribution in [2.45, 2.75) is 51.1 Å². The smallest absolute Gasteiger partial charge is 0.244 e. The molecule has 1 saturated heterocycles. The topological polar surface area (TPSA) is 68.3 Å². The third kappa shape index (κ3) is 2.92. The van der Waals surface area contributed by atoms with E-state index in [4.69, 9.17) is 5.73 Å². The summed E-state index contributed by atoms with van der Waals surface area (Å²) >= 11 is 0. The van der Waals surface area contributed by atoms with Gasteiger partial charge in [-0.1, -0.05) is 6.92 Å². The lowest BCUT2D eigenvalue weighted by Crippen LogP contribution is -2.38. The highest BCUT2D eigenvalue weighted by Gasteiger charge is 2.30. The predicted molar refractivity (Wildman–Crippen MR) is 79.9 cm³/mol. The molecule has 2 rings (SSSR count). The second-order valence-corrected chi connectivity index (χ2v) is 7.92. The Morgan fingerprint density at radius 2 is 2.15 bits per heavy atom. The summed E-state index contributed by atoms with van der Waals surface area (Å²) in [5.74, 6) is 0.430. The number of sulfonamides is 1. The molecule has 0 spiro atoms. The molecule has 114 valence electrons. The van der Waals surface area contributed by atoms with E-state index in [0.717, 1.165) is 18.5 Å². The second-order valence-electron chi connectivity index (χ2n) is 5.98. The zero-order chi connectivity index (χ0) is 14.9. The van der Waals surface area contributed by atoms with Gasteiger partial charge in [0, 0.05) is 37.6 Å². The molecule has 5 nitrogen and oxygen atoms in total. The summed E-state index contributed by atoms with van der Waals surface area (Å²) in [5, 5.41) is 0. The lowest BCUT2D eigenvalue weighted by Gasteiger charge is -2.29. The second kappa shape index (κ2) is 5.87. The van der Waals surface area contributed by atoms with Crippen LogP contribution in [0.4, 0.5) is 0 Å². The molecule has 2 N–H and O–H groups in total. The third-order valence-electron chi connectivity index (χ3n) is 3.93. The van der Waals surface area contributed by atoms with E-state index in [-0.39, 0.29) is 6.04 Å². The quantitative estimate of drug-likeness (QED) is 0.924. The molecular weight excluding hydrogens is 274 g/mol. The third-order valence-corrected chi connectivity index (χ3v) is 5.76. The molecule has 2 heterocycles. The first-order chi connectivity index (χ1) is 9.36. The number of piperidine rings is 1. The average Bonchev–Trinajstić information content (AvgIpc) is 2.83. The van der Waals surface area contributed by atoms with E-state index in [1.165, 1.54) is 0 Å². The van der Waals surface area contributed by atoms with Gasteiger partial charge in [-0.3, -0.25) is 0 Å². The van der Waals surface area contributed by atoms with Crippen molar-refractivity contribution in [3.05, 3.63) is 18.0 Å². The monoisotopic (exact) mass is 299 g/mol. The molecule has 0 saturated carbocycles. The normalized spacial score (nSPS) is 21.6. The first-order valence-corrected chi connectivity index (χ1v) is 8.71. The van der Waals surface area contributed by atoms with Gasteiger partial charge in [-0.2, -0.15) is 4.31 Å². The summed E-state index contributed by atoms with van der Waals surface area (Å²) in [5.41, 5.74) is 6.58. The number of rotatable bonds is 4. The van der Waals surface area contributed by atoms with Gasteiger partial charge >= 0.3 is 0 Å². The van der Waals surface area contributed by atoms with Crippen LogP contribution < -0.4 is 5.73 Å². The number of aromatic nitrogens is 1. The predicted octanol–water partition coefficient (Wildman–Crippen LogP) is 1.95. The summed E-state index contributed by atoms with van der Waals surface area (Å²) < 4.78 is 29.0. The first-order valence-electron chi connectivity index (χ1n) is 7.27. The zero-order valence-electron chi connectivity index (χ0n) is 12.5. The number of hydrogen-bond donors (Lipinski definition) is 1. The van der Waals surface area contributed by atoms with E-state index in [1.807, 2.05) is 18.4 Å². The molecule has 1 unspecified atom stereocenters. The van der Waals surface area contributed by atoms with Crippen LogP contribution in [0.15, 0.2) is 17.2 Å². The maximum atomic E-state index is 12.7. The van der Waals surface area contributed by atoms with Gasteiger partial charge in [0.25, 0.3) is 0 Å². The summed E-state index contributed by atoms with van der Waals surface area (Å²) in [6, 6.07) is 1.92. The first kappa shape index (κ1) is 15.5. The summed E-state index contributed by atoms with van der Waals surface area (Å²) in [6.07, 6.45) is 3.77. The van der Waals surface area contributed by atoms with Crippen molar-refractivity contribution in [3.8, 4) is 0 Å². The van der Waals surface area contributed by atoms with Crippen LogP contribution >= 0.6 is 0 Å². The van der Waals surface area contributed by atoms with Gasteiger partial charge in [0.2, 0.25) is 10.0 Å². The van der Waals surface area contributed by atoms with Crippen molar-refractivity contribution in [1.29, 1.82) is 0 Å². The highest BCUT2D eigenvalue weighted by molar-refractivity contribution is 7.89. The molecule has 0 bridgehead atoms. The largest absolute Gasteiger partial charge is 0.346 e. The molecule has 1 fully saturated rings. The van der Waals surface area contributed by atoms with E-state index in [0.29, 0.717) is 30.4 Å². The van der Waals surface area contributed by atoms with Gasteiger partial charge in [0.05, 0.1) is 0 Å². The van der Waals surface area contributed by atoms with Gasteiger partial charge < -0.3 is 10.3 Å².